The Morgan fingerprint density at radius 2 is 1.92 bits per heavy atom. The van der Waals surface area contributed by atoms with Gasteiger partial charge in [-0.25, -0.2) is 0 Å². The number of nitrogens with one attached hydrogen (secondary N) is 1. The second kappa shape index (κ2) is 8.66. The van der Waals surface area contributed by atoms with Gasteiger partial charge in [-0.15, -0.1) is 0 Å². The van der Waals surface area contributed by atoms with Gasteiger partial charge in [0.1, 0.15) is 0 Å². The molecule has 0 unspecified atom stereocenters. The SMILES string of the molecule is Cc1csc(=O)n1CCC(=O)O[C@@H](C)C(=O)Nc1ccc(N(C)C)cc1. The van der Waals surface area contributed by atoms with Crippen LogP contribution in [0.2, 0.25) is 0 Å². The molecule has 0 aliphatic rings. The fourth-order valence-electron chi connectivity index (χ4n) is 2.27. The molecule has 1 heterocycles. The molecular weight excluding hydrogens is 354 g/mol. The summed E-state index contributed by atoms with van der Waals surface area (Å²) in [6.07, 6.45) is -0.886. The van der Waals surface area contributed by atoms with E-state index in [2.05, 4.69) is 5.32 Å². The van der Waals surface area contributed by atoms with Gasteiger partial charge in [0, 0.05) is 43.1 Å². The fourth-order valence-corrected chi connectivity index (χ4v) is 3.04. The van der Waals surface area contributed by atoms with E-state index in [-0.39, 0.29) is 17.8 Å². The van der Waals surface area contributed by atoms with Crippen LogP contribution in [0.3, 0.4) is 0 Å². The average Bonchev–Trinajstić information content (AvgIpc) is 2.91. The highest BCUT2D eigenvalue weighted by Gasteiger charge is 2.18. The van der Waals surface area contributed by atoms with Gasteiger partial charge >= 0.3 is 10.8 Å². The van der Waals surface area contributed by atoms with E-state index >= 15 is 0 Å². The molecule has 2 rings (SSSR count). The number of amides is 1. The van der Waals surface area contributed by atoms with Gasteiger partial charge in [0.05, 0.1) is 6.42 Å². The molecule has 140 valence electrons. The number of carbonyl (C=O) groups is 2. The smallest absolute Gasteiger partial charge is 0.308 e. The van der Waals surface area contributed by atoms with Crippen molar-refractivity contribution in [1.29, 1.82) is 0 Å². The fraction of sp³-hybridized carbons (Fsp3) is 0.389. The van der Waals surface area contributed by atoms with Crippen LogP contribution in [0.1, 0.15) is 19.0 Å². The third kappa shape index (κ3) is 5.19. The third-order valence-corrected chi connectivity index (χ3v) is 4.73. The van der Waals surface area contributed by atoms with E-state index in [9.17, 15) is 14.4 Å². The minimum atomic E-state index is -0.920. The average molecular weight is 377 g/mol. The van der Waals surface area contributed by atoms with E-state index in [1.807, 2.05) is 31.1 Å². The van der Waals surface area contributed by atoms with Gasteiger partial charge in [-0.05, 0) is 38.1 Å². The minimum Gasteiger partial charge on any atom is -0.452 e. The van der Waals surface area contributed by atoms with Crippen molar-refractivity contribution in [3.8, 4) is 0 Å². The predicted octanol–water partition coefficient (Wildman–Crippen LogP) is 2.24. The summed E-state index contributed by atoms with van der Waals surface area (Å²) in [4.78, 5) is 37.5. The molecule has 0 saturated carbocycles. The maximum absolute atomic E-state index is 12.2. The number of esters is 1. The molecule has 0 spiro atoms. The number of aryl methyl sites for hydroxylation is 1. The first-order valence-corrected chi connectivity index (χ1v) is 9.08. The summed E-state index contributed by atoms with van der Waals surface area (Å²) in [5, 5.41) is 4.45. The van der Waals surface area contributed by atoms with Crippen LogP contribution in [0.4, 0.5) is 11.4 Å². The summed E-state index contributed by atoms with van der Waals surface area (Å²) in [6.45, 7) is 3.57. The zero-order valence-corrected chi connectivity index (χ0v) is 16.1. The van der Waals surface area contributed by atoms with Crippen LogP contribution in [0.15, 0.2) is 34.4 Å². The van der Waals surface area contributed by atoms with Crippen molar-refractivity contribution in [3.05, 3.63) is 45.0 Å². The van der Waals surface area contributed by atoms with Gasteiger partial charge in [0.25, 0.3) is 5.91 Å². The molecule has 1 amide bonds. The summed E-state index contributed by atoms with van der Waals surface area (Å²) in [6, 6.07) is 7.33. The van der Waals surface area contributed by atoms with E-state index in [4.69, 9.17) is 4.74 Å². The van der Waals surface area contributed by atoms with E-state index in [0.717, 1.165) is 22.7 Å². The molecule has 0 radical (unpaired) electrons. The molecule has 26 heavy (non-hydrogen) atoms. The Morgan fingerprint density at radius 1 is 1.27 bits per heavy atom. The molecule has 1 atom stereocenters. The van der Waals surface area contributed by atoms with Crippen LogP contribution >= 0.6 is 11.3 Å². The van der Waals surface area contributed by atoms with Crippen molar-refractivity contribution in [3.63, 3.8) is 0 Å². The lowest BCUT2D eigenvalue weighted by Crippen LogP contribution is -2.30. The summed E-state index contributed by atoms with van der Waals surface area (Å²) in [7, 11) is 3.86. The molecule has 7 nitrogen and oxygen atoms in total. The lowest BCUT2D eigenvalue weighted by Gasteiger charge is -2.15. The summed E-state index contributed by atoms with van der Waals surface area (Å²) in [5.41, 5.74) is 2.45. The first kappa shape index (κ1) is 19.7. The van der Waals surface area contributed by atoms with Crippen molar-refractivity contribution >= 4 is 34.6 Å². The largest absolute Gasteiger partial charge is 0.452 e. The Labute approximate surface area is 156 Å². The number of nitrogens with zero attached hydrogens (tertiary/aromatic N) is 2. The third-order valence-electron chi connectivity index (χ3n) is 3.84. The van der Waals surface area contributed by atoms with E-state index in [0.29, 0.717) is 5.69 Å². The molecular formula is C18H23N3O4S. The molecule has 0 aliphatic carbocycles. The van der Waals surface area contributed by atoms with Gasteiger partial charge in [0.2, 0.25) is 0 Å². The van der Waals surface area contributed by atoms with Gasteiger partial charge in [-0.1, -0.05) is 11.3 Å². The molecule has 0 aliphatic heterocycles. The predicted molar refractivity (Wildman–Crippen MR) is 103 cm³/mol. The minimum absolute atomic E-state index is 0.0344. The Bertz CT molecular complexity index is 824. The van der Waals surface area contributed by atoms with Gasteiger partial charge in [-0.3, -0.25) is 14.4 Å². The number of carbonyl (C=O) groups excluding carboxylic acids is 2. The summed E-state index contributed by atoms with van der Waals surface area (Å²) in [5.74, 6) is -0.923. The van der Waals surface area contributed by atoms with Gasteiger partial charge in [0.15, 0.2) is 6.10 Å². The van der Waals surface area contributed by atoms with Crippen molar-refractivity contribution in [2.24, 2.45) is 0 Å². The highest BCUT2D eigenvalue weighted by Crippen LogP contribution is 2.16. The number of ether oxygens (including phenoxy) is 1. The summed E-state index contributed by atoms with van der Waals surface area (Å²) >= 11 is 1.09. The zero-order chi connectivity index (χ0) is 19.3. The van der Waals surface area contributed by atoms with Crippen molar-refractivity contribution < 1.29 is 14.3 Å². The first-order valence-electron chi connectivity index (χ1n) is 8.20. The first-order chi connectivity index (χ1) is 12.3. The quantitative estimate of drug-likeness (QED) is 0.749. The number of hydrogen-bond acceptors (Lipinski definition) is 6. The van der Waals surface area contributed by atoms with Gasteiger partial charge < -0.3 is 19.5 Å². The van der Waals surface area contributed by atoms with E-state index in [1.54, 1.807) is 24.4 Å². The molecule has 1 N–H and O–H groups in total. The Kier molecular flexibility index (Phi) is 6.57. The highest BCUT2D eigenvalue weighted by atomic mass is 32.1. The van der Waals surface area contributed by atoms with Crippen LogP contribution in [0.5, 0.6) is 0 Å². The Balaban J connectivity index is 1.84. The zero-order valence-electron chi connectivity index (χ0n) is 15.3. The van der Waals surface area contributed by atoms with Crippen LogP contribution in [-0.4, -0.2) is 36.6 Å². The topological polar surface area (TPSA) is 80.6 Å². The standard InChI is InChI=1S/C18H23N3O4S/c1-12-11-26-18(24)21(12)10-9-16(22)25-13(2)17(23)19-14-5-7-15(8-6-14)20(3)4/h5-8,11,13H,9-10H2,1-4H3,(H,19,23)/t13-/m0/s1. The van der Waals surface area contributed by atoms with Crippen LogP contribution in [0, 0.1) is 6.92 Å². The van der Waals surface area contributed by atoms with E-state index < -0.39 is 18.0 Å². The number of rotatable bonds is 7. The van der Waals surface area contributed by atoms with E-state index in [1.165, 1.54) is 11.5 Å². The molecule has 2 aromatic rings. The molecule has 1 aromatic heterocycles. The lowest BCUT2D eigenvalue weighted by molar-refractivity contribution is -0.153. The Hall–Kier alpha value is -2.61. The number of thiazole rings is 1. The highest BCUT2D eigenvalue weighted by molar-refractivity contribution is 7.07. The van der Waals surface area contributed by atoms with Crippen LogP contribution < -0.4 is 15.1 Å². The second-order valence-corrected chi connectivity index (χ2v) is 6.93. The monoisotopic (exact) mass is 377 g/mol. The lowest BCUT2D eigenvalue weighted by atomic mass is 10.2. The van der Waals surface area contributed by atoms with Crippen LogP contribution in [0.25, 0.3) is 0 Å². The number of aromatic nitrogens is 1. The van der Waals surface area contributed by atoms with Crippen molar-refractivity contribution in [2.75, 3.05) is 24.3 Å². The molecule has 0 saturated heterocycles. The molecule has 8 heteroatoms. The number of hydrogen-bond donors (Lipinski definition) is 1. The normalized spacial score (nSPS) is 11.7. The number of benzene rings is 1. The second-order valence-electron chi connectivity index (χ2n) is 6.11. The van der Waals surface area contributed by atoms with Crippen molar-refractivity contribution in [2.45, 2.75) is 32.9 Å². The number of anilines is 2. The summed E-state index contributed by atoms with van der Waals surface area (Å²) < 4.78 is 6.67. The molecule has 0 fully saturated rings. The van der Waals surface area contributed by atoms with Crippen molar-refractivity contribution in [1.82, 2.24) is 4.57 Å². The Morgan fingerprint density at radius 3 is 2.46 bits per heavy atom. The maximum atomic E-state index is 12.2. The maximum Gasteiger partial charge on any atom is 0.308 e. The van der Waals surface area contributed by atoms with Crippen LogP contribution in [-0.2, 0) is 20.9 Å². The molecule has 0 bridgehead atoms. The molecule has 1 aromatic carbocycles. The van der Waals surface area contributed by atoms with Gasteiger partial charge in [-0.2, -0.15) is 0 Å².